The molecule has 0 saturated carbocycles. The van der Waals surface area contributed by atoms with Crippen molar-refractivity contribution in [3.63, 3.8) is 0 Å². The van der Waals surface area contributed by atoms with Gasteiger partial charge in [0.15, 0.2) is 17.7 Å². The summed E-state index contributed by atoms with van der Waals surface area (Å²) in [5.74, 6) is -0.999. The SMILES string of the molecule is C=CCc1ccc2c(c1)C(=O)C(O)C2=O. The largest absolute Gasteiger partial charge is 0.377 e. The van der Waals surface area contributed by atoms with E-state index in [2.05, 4.69) is 6.58 Å². The maximum Gasteiger partial charge on any atom is 0.200 e. The van der Waals surface area contributed by atoms with Gasteiger partial charge in [-0.1, -0.05) is 18.2 Å². The number of carbonyl (C=O) groups excluding carboxylic acids is 2. The fraction of sp³-hybridized carbons (Fsp3) is 0.167. The molecule has 3 nitrogen and oxygen atoms in total. The van der Waals surface area contributed by atoms with Crippen molar-refractivity contribution in [3.05, 3.63) is 47.5 Å². The van der Waals surface area contributed by atoms with E-state index >= 15 is 0 Å². The summed E-state index contributed by atoms with van der Waals surface area (Å²) in [5.41, 5.74) is 1.56. The molecule has 0 spiro atoms. The van der Waals surface area contributed by atoms with Crippen molar-refractivity contribution in [1.82, 2.24) is 0 Å². The summed E-state index contributed by atoms with van der Waals surface area (Å²) in [7, 11) is 0. The molecule has 15 heavy (non-hydrogen) atoms. The van der Waals surface area contributed by atoms with Crippen molar-refractivity contribution in [3.8, 4) is 0 Å². The van der Waals surface area contributed by atoms with Crippen LogP contribution in [0.3, 0.4) is 0 Å². The summed E-state index contributed by atoms with van der Waals surface area (Å²) in [5, 5.41) is 9.29. The fourth-order valence-corrected chi connectivity index (χ4v) is 1.72. The van der Waals surface area contributed by atoms with E-state index in [1.54, 1.807) is 24.3 Å². The fourth-order valence-electron chi connectivity index (χ4n) is 1.72. The highest BCUT2D eigenvalue weighted by atomic mass is 16.3. The van der Waals surface area contributed by atoms with Crippen LogP contribution in [-0.2, 0) is 6.42 Å². The number of aliphatic hydroxyl groups excluding tert-OH is 1. The molecule has 1 aromatic carbocycles. The Balaban J connectivity index is 2.51. The third-order valence-electron chi connectivity index (χ3n) is 2.49. The van der Waals surface area contributed by atoms with Crippen LogP contribution in [0, 0.1) is 0 Å². The molecule has 2 rings (SSSR count). The standard InChI is InChI=1S/C12H10O3/c1-2-3-7-4-5-8-9(6-7)11(14)12(15)10(8)13/h2,4-6,12,15H,1,3H2. The summed E-state index contributed by atoms with van der Waals surface area (Å²) in [4.78, 5) is 22.9. The Hall–Kier alpha value is -1.74. The molecule has 0 saturated heterocycles. The Morgan fingerprint density at radius 1 is 1.27 bits per heavy atom. The summed E-state index contributed by atoms with van der Waals surface area (Å²) >= 11 is 0. The van der Waals surface area contributed by atoms with Crippen LogP contribution in [0.4, 0.5) is 0 Å². The first-order valence-electron chi connectivity index (χ1n) is 4.65. The lowest BCUT2D eigenvalue weighted by molar-refractivity contribution is 0.0663. The first-order valence-corrected chi connectivity index (χ1v) is 4.65. The van der Waals surface area contributed by atoms with E-state index in [4.69, 9.17) is 0 Å². The maximum absolute atomic E-state index is 11.5. The lowest BCUT2D eigenvalue weighted by Crippen LogP contribution is -2.20. The van der Waals surface area contributed by atoms with E-state index in [1.807, 2.05) is 0 Å². The molecule has 0 aromatic heterocycles. The lowest BCUT2D eigenvalue weighted by Gasteiger charge is -1.99. The summed E-state index contributed by atoms with van der Waals surface area (Å²) in [6.45, 7) is 3.60. The average molecular weight is 202 g/mol. The van der Waals surface area contributed by atoms with Gasteiger partial charge in [0.2, 0.25) is 0 Å². The van der Waals surface area contributed by atoms with Crippen molar-refractivity contribution in [1.29, 1.82) is 0 Å². The minimum Gasteiger partial charge on any atom is -0.377 e. The predicted octanol–water partition coefficient (Wildman–Crippen LogP) is 1.16. The number of ketones is 2. The third-order valence-corrected chi connectivity index (χ3v) is 2.49. The van der Waals surface area contributed by atoms with Gasteiger partial charge in [0.05, 0.1) is 0 Å². The molecule has 0 aliphatic heterocycles. The number of benzene rings is 1. The Labute approximate surface area is 87.0 Å². The zero-order valence-electron chi connectivity index (χ0n) is 8.06. The first kappa shape index (κ1) is 9.80. The van der Waals surface area contributed by atoms with Gasteiger partial charge in [0.1, 0.15) is 0 Å². The van der Waals surface area contributed by atoms with Crippen LogP contribution < -0.4 is 0 Å². The minimum absolute atomic E-state index is 0.320. The molecule has 3 heteroatoms. The zero-order valence-corrected chi connectivity index (χ0v) is 8.06. The Morgan fingerprint density at radius 2 is 1.93 bits per heavy atom. The molecule has 1 unspecified atom stereocenters. The number of carbonyl (C=O) groups is 2. The Kier molecular flexibility index (Phi) is 2.25. The van der Waals surface area contributed by atoms with E-state index in [1.165, 1.54) is 0 Å². The number of aliphatic hydroxyl groups is 1. The molecule has 1 N–H and O–H groups in total. The quantitative estimate of drug-likeness (QED) is 0.578. The molecule has 1 atom stereocenters. The van der Waals surface area contributed by atoms with Crippen molar-refractivity contribution in [2.75, 3.05) is 0 Å². The Morgan fingerprint density at radius 3 is 2.60 bits per heavy atom. The zero-order chi connectivity index (χ0) is 11.0. The summed E-state index contributed by atoms with van der Waals surface area (Å²) in [6.07, 6.45) is 0.864. The van der Waals surface area contributed by atoms with Crippen LogP contribution in [-0.4, -0.2) is 22.8 Å². The summed E-state index contributed by atoms with van der Waals surface area (Å²) in [6, 6.07) is 5.00. The van der Waals surface area contributed by atoms with Crippen molar-refractivity contribution in [2.24, 2.45) is 0 Å². The molecular weight excluding hydrogens is 192 g/mol. The van der Waals surface area contributed by atoms with E-state index in [9.17, 15) is 14.7 Å². The second kappa shape index (κ2) is 3.44. The van der Waals surface area contributed by atoms with Crippen molar-refractivity contribution < 1.29 is 14.7 Å². The van der Waals surface area contributed by atoms with Crippen LogP contribution in [0.2, 0.25) is 0 Å². The lowest BCUT2D eigenvalue weighted by atomic mass is 10.0. The van der Waals surface area contributed by atoms with Crippen LogP contribution >= 0.6 is 0 Å². The second-order valence-electron chi connectivity index (χ2n) is 3.50. The van der Waals surface area contributed by atoms with Gasteiger partial charge < -0.3 is 5.11 Å². The van der Waals surface area contributed by atoms with Crippen LogP contribution in [0.25, 0.3) is 0 Å². The molecule has 1 aromatic rings. The van der Waals surface area contributed by atoms with Crippen LogP contribution in [0.1, 0.15) is 26.3 Å². The van der Waals surface area contributed by atoms with Gasteiger partial charge in [-0.3, -0.25) is 9.59 Å². The van der Waals surface area contributed by atoms with Gasteiger partial charge in [0.25, 0.3) is 0 Å². The monoisotopic (exact) mass is 202 g/mol. The molecule has 1 aliphatic rings. The number of Topliss-reactive ketones (excluding diaryl/α,β-unsaturated/α-hetero) is 2. The van der Waals surface area contributed by atoms with Crippen LogP contribution in [0.15, 0.2) is 30.9 Å². The molecule has 76 valence electrons. The highest BCUT2D eigenvalue weighted by Gasteiger charge is 2.36. The molecule has 0 bridgehead atoms. The number of hydrogen-bond donors (Lipinski definition) is 1. The van der Waals surface area contributed by atoms with E-state index in [0.717, 1.165) is 5.56 Å². The molecule has 0 radical (unpaired) electrons. The average Bonchev–Trinajstić information content (AvgIpc) is 2.45. The molecule has 0 heterocycles. The van der Waals surface area contributed by atoms with Gasteiger partial charge in [-0.25, -0.2) is 0 Å². The van der Waals surface area contributed by atoms with Gasteiger partial charge >= 0.3 is 0 Å². The summed E-state index contributed by atoms with van der Waals surface area (Å²) < 4.78 is 0. The third kappa shape index (κ3) is 1.41. The van der Waals surface area contributed by atoms with E-state index in [-0.39, 0.29) is 0 Å². The van der Waals surface area contributed by atoms with Gasteiger partial charge in [0, 0.05) is 11.1 Å². The highest BCUT2D eigenvalue weighted by Crippen LogP contribution is 2.23. The highest BCUT2D eigenvalue weighted by molar-refractivity contribution is 6.28. The van der Waals surface area contributed by atoms with Gasteiger partial charge in [-0.15, -0.1) is 6.58 Å². The van der Waals surface area contributed by atoms with E-state index < -0.39 is 17.7 Å². The van der Waals surface area contributed by atoms with Crippen molar-refractivity contribution in [2.45, 2.75) is 12.5 Å². The van der Waals surface area contributed by atoms with Crippen LogP contribution in [0.5, 0.6) is 0 Å². The molecular formula is C12H10O3. The number of fused-ring (bicyclic) bond motifs is 1. The molecule has 0 fully saturated rings. The van der Waals surface area contributed by atoms with Gasteiger partial charge in [-0.05, 0) is 18.1 Å². The molecule has 1 aliphatic carbocycles. The number of hydrogen-bond acceptors (Lipinski definition) is 3. The van der Waals surface area contributed by atoms with Crippen molar-refractivity contribution >= 4 is 11.6 Å². The minimum atomic E-state index is -1.50. The normalized spacial score (nSPS) is 19.1. The van der Waals surface area contributed by atoms with E-state index in [0.29, 0.717) is 17.5 Å². The Bertz CT molecular complexity index is 460. The topological polar surface area (TPSA) is 54.4 Å². The second-order valence-corrected chi connectivity index (χ2v) is 3.50. The maximum atomic E-state index is 11.5. The van der Waals surface area contributed by atoms with Gasteiger partial charge in [-0.2, -0.15) is 0 Å². The number of allylic oxidation sites excluding steroid dienone is 1. The predicted molar refractivity (Wildman–Crippen MR) is 55.0 cm³/mol. The molecule has 0 amide bonds. The first-order chi connectivity index (χ1) is 7.15. The smallest absolute Gasteiger partial charge is 0.200 e. The number of rotatable bonds is 2.